The van der Waals surface area contributed by atoms with Crippen LogP contribution in [0.2, 0.25) is 15.1 Å². The molecule has 2 aromatic carbocycles. The Morgan fingerprint density at radius 1 is 1.03 bits per heavy atom. The monoisotopic (exact) mass is 468 g/mol. The van der Waals surface area contributed by atoms with Crippen LogP contribution in [0.4, 0.5) is 0 Å². The average molecular weight is 470 g/mol. The van der Waals surface area contributed by atoms with Gasteiger partial charge in [0.05, 0.1) is 15.1 Å². The third-order valence-electron chi connectivity index (χ3n) is 5.08. The van der Waals surface area contributed by atoms with Crippen LogP contribution < -0.4 is 4.74 Å². The third kappa shape index (κ3) is 4.72. The molecule has 0 radical (unpaired) electrons. The summed E-state index contributed by atoms with van der Waals surface area (Å²) in [5.74, 6) is 0.455. The topological polar surface area (TPSA) is 39.4 Å². The lowest BCUT2D eigenvalue weighted by Crippen LogP contribution is -2.11. The normalized spacial score (nSPS) is 15.0. The Morgan fingerprint density at radius 3 is 2.55 bits per heavy atom. The van der Waals surface area contributed by atoms with Gasteiger partial charge in [0.2, 0.25) is 5.76 Å². The number of thioether (sulfide) groups is 1. The molecule has 0 amide bonds. The van der Waals surface area contributed by atoms with Gasteiger partial charge in [0.25, 0.3) is 0 Å². The van der Waals surface area contributed by atoms with Crippen LogP contribution in [0.1, 0.15) is 48.2 Å². The SMILES string of the molecule is O=C(Oc1cc(Cl)c(Cl)cc1Cl)c1oc2ccccc2c1CSC1CCCCC1. The molecule has 1 fully saturated rings. The molecule has 0 atom stereocenters. The van der Waals surface area contributed by atoms with E-state index in [9.17, 15) is 4.79 Å². The molecule has 3 aromatic rings. The van der Waals surface area contributed by atoms with Crippen molar-refractivity contribution in [2.24, 2.45) is 0 Å². The molecule has 0 bridgehead atoms. The highest BCUT2D eigenvalue weighted by Gasteiger charge is 2.25. The van der Waals surface area contributed by atoms with Crippen molar-refractivity contribution in [3.05, 3.63) is 62.8 Å². The van der Waals surface area contributed by atoms with E-state index < -0.39 is 5.97 Å². The summed E-state index contributed by atoms with van der Waals surface area (Å²) in [6.45, 7) is 0. The van der Waals surface area contributed by atoms with E-state index in [4.69, 9.17) is 44.0 Å². The zero-order chi connectivity index (χ0) is 20.4. The number of carbonyl (C=O) groups is 1. The number of ether oxygens (including phenoxy) is 1. The predicted octanol–water partition coefficient (Wildman–Crippen LogP) is 8.18. The number of furan rings is 1. The molecule has 0 spiro atoms. The van der Waals surface area contributed by atoms with Crippen LogP contribution in [-0.4, -0.2) is 11.2 Å². The molecule has 4 rings (SSSR count). The first-order valence-corrected chi connectivity index (χ1v) is 11.7. The largest absolute Gasteiger partial charge is 0.449 e. The Morgan fingerprint density at radius 2 is 1.76 bits per heavy atom. The highest BCUT2D eigenvalue weighted by molar-refractivity contribution is 7.99. The van der Waals surface area contributed by atoms with E-state index >= 15 is 0 Å². The maximum absolute atomic E-state index is 12.9. The standard InChI is InChI=1S/C22H19Cl3O3S/c23-16-10-18(25)20(11-17(16)24)28-22(26)21-15(12-29-13-6-2-1-3-7-13)14-8-4-5-9-19(14)27-21/h4-5,8-11,13H,1-3,6-7,12H2. The Balaban J connectivity index is 1.62. The van der Waals surface area contributed by atoms with Crippen molar-refractivity contribution < 1.29 is 13.9 Å². The fourth-order valence-electron chi connectivity index (χ4n) is 3.57. The third-order valence-corrected chi connectivity index (χ3v) is 7.49. The van der Waals surface area contributed by atoms with E-state index in [1.807, 2.05) is 36.0 Å². The number of benzene rings is 2. The summed E-state index contributed by atoms with van der Waals surface area (Å²) in [6.07, 6.45) is 6.30. The molecule has 1 aliphatic carbocycles. The highest BCUT2D eigenvalue weighted by atomic mass is 35.5. The zero-order valence-corrected chi connectivity index (χ0v) is 18.6. The molecule has 152 valence electrons. The van der Waals surface area contributed by atoms with Crippen LogP contribution in [0.5, 0.6) is 5.75 Å². The minimum atomic E-state index is -0.597. The number of esters is 1. The number of hydrogen-bond donors (Lipinski definition) is 0. The van der Waals surface area contributed by atoms with Gasteiger partial charge in [-0.05, 0) is 25.0 Å². The van der Waals surface area contributed by atoms with Gasteiger partial charge >= 0.3 is 5.97 Å². The molecule has 1 aromatic heterocycles. The van der Waals surface area contributed by atoms with Gasteiger partial charge in [-0.3, -0.25) is 0 Å². The summed E-state index contributed by atoms with van der Waals surface area (Å²) < 4.78 is 11.4. The Hall–Kier alpha value is -1.33. The Kier molecular flexibility index (Phi) is 6.65. The second kappa shape index (κ2) is 9.22. The molecule has 1 saturated carbocycles. The molecule has 0 unspecified atom stereocenters. The lowest BCUT2D eigenvalue weighted by atomic mass is 10.0. The van der Waals surface area contributed by atoms with Crippen LogP contribution in [0, 0.1) is 0 Å². The number of fused-ring (bicyclic) bond motifs is 1. The molecule has 0 aliphatic heterocycles. The fraction of sp³-hybridized carbons (Fsp3) is 0.318. The fourth-order valence-corrected chi connectivity index (χ4v) is 5.50. The summed E-state index contributed by atoms with van der Waals surface area (Å²) in [4.78, 5) is 12.9. The van der Waals surface area contributed by atoms with E-state index in [2.05, 4.69) is 0 Å². The second-order valence-corrected chi connectivity index (χ2v) is 9.57. The van der Waals surface area contributed by atoms with Gasteiger partial charge in [-0.1, -0.05) is 72.3 Å². The van der Waals surface area contributed by atoms with Gasteiger partial charge in [0.1, 0.15) is 5.58 Å². The van der Waals surface area contributed by atoms with Crippen LogP contribution >= 0.6 is 46.6 Å². The van der Waals surface area contributed by atoms with E-state index in [1.54, 1.807) is 0 Å². The van der Waals surface area contributed by atoms with Crippen molar-refractivity contribution in [3.63, 3.8) is 0 Å². The van der Waals surface area contributed by atoms with Crippen LogP contribution in [0.3, 0.4) is 0 Å². The smallest absolute Gasteiger partial charge is 0.380 e. The van der Waals surface area contributed by atoms with Crippen LogP contribution in [-0.2, 0) is 5.75 Å². The molecule has 1 aliphatic rings. The van der Waals surface area contributed by atoms with E-state index in [0.29, 0.717) is 21.6 Å². The number of halogens is 3. The lowest BCUT2D eigenvalue weighted by Gasteiger charge is -2.20. The summed E-state index contributed by atoms with van der Waals surface area (Å²) in [6, 6.07) is 10.5. The van der Waals surface area contributed by atoms with Gasteiger partial charge in [0.15, 0.2) is 5.75 Å². The maximum atomic E-state index is 12.9. The average Bonchev–Trinajstić information content (AvgIpc) is 3.10. The number of para-hydroxylation sites is 1. The lowest BCUT2D eigenvalue weighted by molar-refractivity contribution is 0.0703. The summed E-state index contributed by atoms with van der Waals surface area (Å²) in [5, 5.41) is 2.32. The van der Waals surface area contributed by atoms with Crippen molar-refractivity contribution in [3.8, 4) is 5.75 Å². The maximum Gasteiger partial charge on any atom is 0.380 e. The van der Waals surface area contributed by atoms with E-state index in [0.717, 1.165) is 10.9 Å². The van der Waals surface area contributed by atoms with Crippen molar-refractivity contribution in [1.82, 2.24) is 0 Å². The quantitative estimate of drug-likeness (QED) is 0.214. The first-order chi connectivity index (χ1) is 14.0. The van der Waals surface area contributed by atoms with E-state index in [-0.39, 0.29) is 21.6 Å². The Bertz CT molecular complexity index is 1040. The van der Waals surface area contributed by atoms with Crippen molar-refractivity contribution in [2.45, 2.75) is 43.1 Å². The molecule has 7 heteroatoms. The van der Waals surface area contributed by atoms with Gasteiger partial charge in [-0.15, -0.1) is 0 Å². The van der Waals surface area contributed by atoms with E-state index in [1.165, 1.54) is 44.2 Å². The van der Waals surface area contributed by atoms with Crippen molar-refractivity contribution >= 4 is 63.5 Å². The highest BCUT2D eigenvalue weighted by Crippen LogP contribution is 2.37. The second-order valence-electron chi connectivity index (χ2n) is 7.06. The molecule has 3 nitrogen and oxygen atoms in total. The zero-order valence-electron chi connectivity index (χ0n) is 15.6. The van der Waals surface area contributed by atoms with Crippen molar-refractivity contribution in [1.29, 1.82) is 0 Å². The number of rotatable bonds is 5. The number of carbonyl (C=O) groups excluding carboxylic acids is 1. The molecule has 29 heavy (non-hydrogen) atoms. The van der Waals surface area contributed by atoms with Gasteiger partial charge < -0.3 is 9.15 Å². The molecule has 1 heterocycles. The minimum Gasteiger partial charge on any atom is -0.449 e. The molecular weight excluding hydrogens is 451 g/mol. The molecule has 0 saturated heterocycles. The van der Waals surface area contributed by atoms with Crippen molar-refractivity contribution in [2.75, 3.05) is 0 Å². The minimum absolute atomic E-state index is 0.150. The van der Waals surface area contributed by atoms with Gasteiger partial charge in [-0.2, -0.15) is 11.8 Å². The molecule has 0 N–H and O–H groups in total. The molecular formula is C22H19Cl3O3S. The predicted molar refractivity (Wildman–Crippen MR) is 121 cm³/mol. The first kappa shape index (κ1) is 20.9. The summed E-state index contributed by atoms with van der Waals surface area (Å²) in [7, 11) is 0. The van der Waals surface area contributed by atoms with Crippen LogP contribution in [0.15, 0.2) is 40.8 Å². The summed E-state index contributed by atoms with van der Waals surface area (Å²) in [5.41, 5.74) is 1.52. The Labute approximate surface area is 188 Å². The van der Waals surface area contributed by atoms with Gasteiger partial charge in [-0.25, -0.2) is 4.79 Å². The number of hydrogen-bond acceptors (Lipinski definition) is 4. The van der Waals surface area contributed by atoms with Gasteiger partial charge in [0, 0.05) is 28.0 Å². The summed E-state index contributed by atoms with van der Waals surface area (Å²) >= 11 is 20.0. The van der Waals surface area contributed by atoms with Crippen LogP contribution in [0.25, 0.3) is 11.0 Å². The first-order valence-electron chi connectivity index (χ1n) is 9.51.